The van der Waals surface area contributed by atoms with Crippen molar-refractivity contribution in [2.45, 2.75) is 6.92 Å². The third kappa shape index (κ3) is 2.83. The van der Waals surface area contributed by atoms with E-state index < -0.39 is 0 Å². The first-order valence-corrected chi connectivity index (χ1v) is 7.70. The normalized spacial score (nSPS) is 10.8. The largest absolute Gasteiger partial charge is 0.321 e. The highest BCUT2D eigenvalue weighted by Crippen LogP contribution is 2.21. The molecule has 0 unspecified atom stereocenters. The molecule has 122 valence electrons. The lowest BCUT2D eigenvalue weighted by molar-refractivity contribution is 0.102. The maximum absolute atomic E-state index is 12.7. The third-order valence-corrected chi connectivity index (χ3v) is 3.82. The Balaban J connectivity index is 1.74. The average Bonchev–Trinajstić information content (AvgIpc) is 3.08. The maximum atomic E-state index is 12.7. The van der Waals surface area contributed by atoms with Crippen LogP contribution < -0.4 is 5.32 Å². The molecule has 0 fully saturated rings. The lowest BCUT2D eigenvalue weighted by atomic mass is 10.2. The van der Waals surface area contributed by atoms with E-state index in [1.54, 1.807) is 30.9 Å². The van der Waals surface area contributed by atoms with Crippen LogP contribution >= 0.6 is 0 Å². The van der Waals surface area contributed by atoms with Crippen molar-refractivity contribution in [3.8, 4) is 11.5 Å². The number of rotatable bonds is 3. The van der Waals surface area contributed by atoms with E-state index in [2.05, 4.69) is 30.2 Å². The number of nitrogens with zero attached hydrogens (tertiary/aromatic N) is 4. The monoisotopic (exact) mass is 330 g/mol. The van der Waals surface area contributed by atoms with Gasteiger partial charge < -0.3 is 10.3 Å². The number of carbonyl (C=O) groups excluding carboxylic acids is 1. The third-order valence-electron chi connectivity index (χ3n) is 3.82. The molecule has 0 spiro atoms. The summed E-state index contributed by atoms with van der Waals surface area (Å²) in [6.07, 6.45) is 6.57. The number of hydrogen-bond acceptors (Lipinski definition) is 5. The Morgan fingerprint density at radius 3 is 2.80 bits per heavy atom. The fraction of sp³-hybridized carbons (Fsp3) is 0.0556. The van der Waals surface area contributed by atoms with Crippen LogP contribution in [0.1, 0.15) is 15.9 Å². The van der Waals surface area contributed by atoms with Gasteiger partial charge in [0.15, 0.2) is 11.5 Å². The predicted molar refractivity (Wildman–Crippen MR) is 94.0 cm³/mol. The van der Waals surface area contributed by atoms with Crippen LogP contribution in [0.4, 0.5) is 5.69 Å². The summed E-state index contributed by atoms with van der Waals surface area (Å²) in [4.78, 5) is 32.9. The minimum absolute atomic E-state index is 0.262. The van der Waals surface area contributed by atoms with E-state index in [0.29, 0.717) is 33.9 Å². The molecule has 4 rings (SSSR count). The smallest absolute Gasteiger partial charge is 0.258 e. The van der Waals surface area contributed by atoms with E-state index in [1.165, 1.54) is 0 Å². The van der Waals surface area contributed by atoms with Gasteiger partial charge in [0.05, 0.1) is 17.4 Å². The lowest BCUT2D eigenvalue weighted by Gasteiger charge is -2.07. The Labute approximate surface area is 143 Å². The van der Waals surface area contributed by atoms with Gasteiger partial charge in [0.2, 0.25) is 0 Å². The van der Waals surface area contributed by atoms with Crippen molar-refractivity contribution < 1.29 is 4.79 Å². The van der Waals surface area contributed by atoms with Gasteiger partial charge in [0.25, 0.3) is 5.91 Å². The van der Waals surface area contributed by atoms with Gasteiger partial charge >= 0.3 is 0 Å². The summed E-state index contributed by atoms with van der Waals surface area (Å²) in [5.41, 5.74) is 3.77. The van der Waals surface area contributed by atoms with Gasteiger partial charge in [0, 0.05) is 18.6 Å². The fourth-order valence-electron chi connectivity index (χ4n) is 2.50. The number of hydrogen-bond donors (Lipinski definition) is 2. The Morgan fingerprint density at radius 2 is 2.00 bits per heavy atom. The van der Waals surface area contributed by atoms with Crippen LogP contribution in [0.3, 0.4) is 0 Å². The zero-order valence-electron chi connectivity index (χ0n) is 13.4. The molecule has 0 atom stereocenters. The molecule has 0 aliphatic heterocycles. The molecule has 0 aliphatic carbocycles. The number of carbonyl (C=O) groups is 1. The van der Waals surface area contributed by atoms with Crippen molar-refractivity contribution in [3.63, 3.8) is 0 Å². The van der Waals surface area contributed by atoms with E-state index >= 15 is 0 Å². The van der Waals surface area contributed by atoms with E-state index in [-0.39, 0.29) is 5.91 Å². The Morgan fingerprint density at radius 1 is 1.08 bits per heavy atom. The average molecular weight is 330 g/mol. The highest BCUT2D eigenvalue weighted by Gasteiger charge is 2.16. The van der Waals surface area contributed by atoms with Gasteiger partial charge in [-0.3, -0.25) is 14.8 Å². The summed E-state index contributed by atoms with van der Waals surface area (Å²) >= 11 is 0. The highest BCUT2D eigenvalue weighted by molar-refractivity contribution is 6.11. The summed E-state index contributed by atoms with van der Waals surface area (Å²) in [5.74, 6) is 0.309. The first kappa shape index (κ1) is 14.9. The van der Waals surface area contributed by atoms with Gasteiger partial charge in [-0.15, -0.1) is 0 Å². The van der Waals surface area contributed by atoms with Crippen LogP contribution in [-0.2, 0) is 0 Å². The molecule has 0 bridgehead atoms. The molecule has 2 N–H and O–H groups in total. The molecule has 7 nitrogen and oxygen atoms in total. The number of imidazole rings is 1. The van der Waals surface area contributed by atoms with E-state index in [1.807, 2.05) is 31.2 Å². The minimum atomic E-state index is -0.262. The SMILES string of the molecule is Cc1ccncc1NC(=O)c1ccnc2[nH]c(-c3ccccn3)nc12. The van der Waals surface area contributed by atoms with Crippen molar-refractivity contribution in [2.75, 3.05) is 5.32 Å². The number of anilines is 1. The first-order valence-electron chi connectivity index (χ1n) is 7.70. The minimum Gasteiger partial charge on any atom is -0.321 e. The lowest BCUT2D eigenvalue weighted by Crippen LogP contribution is -2.13. The topological polar surface area (TPSA) is 96.5 Å². The molecule has 1 amide bonds. The van der Waals surface area contributed by atoms with E-state index in [4.69, 9.17) is 0 Å². The number of aromatic nitrogens is 5. The zero-order valence-corrected chi connectivity index (χ0v) is 13.4. The summed E-state index contributed by atoms with van der Waals surface area (Å²) < 4.78 is 0. The number of pyridine rings is 3. The van der Waals surface area contributed by atoms with Gasteiger partial charge in [-0.1, -0.05) is 6.07 Å². The summed E-state index contributed by atoms with van der Waals surface area (Å²) in [7, 11) is 0. The van der Waals surface area contributed by atoms with E-state index in [0.717, 1.165) is 5.56 Å². The van der Waals surface area contributed by atoms with Crippen LogP contribution in [0.5, 0.6) is 0 Å². The first-order chi connectivity index (χ1) is 12.2. The second kappa shape index (κ2) is 6.12. The van der Waals surface area contributed by atoms with E-state index in [9.17, 15) is 4.79 Å². The fourth-order valence-corrected chi connectivity index (χ4v) is 2.50. The number of amides is 1. The molecule has 0 radical (unpaired) electrons. The predicted octanol–water partition coefficient (Wildman–Crippen LogP) is 2.98. The molecule has 4 aromatic rings. The summed E-state index contributed by atoms with van der Waals surface area (Å²) in [6, 6.07) is 9.04. The van der Waals surface area contributed by atoms with Crippen LogP contribution in [-0.4, -0.2) is 30.8 Å². The molecule has 7 heteroatoms. The maximum Gasteiger partial charge on any atom is 0.258 e. The van der Waals surface area contributed by atoms with Crippen molar-refractivity contribution in [3.05, 3.63) is 66.2 Å². The second-order valence-corrected chi connectivity index (χ2v) is 5.50. The molecule has 0 aliphatic rings. The number of nitrogens with one attached hydrogen (secondary N) is 2. The quantitative estimate of drug-likeness (QED) is 0.602. The van der Waals surface area contributed by atoms with Gasteiger partial charge in [-0.25, -0.2) is 9.97 Å². The molecule has 4 aromatic heterocycles. The molecule has 4 heterocycles. The summed E-state index contributed by atoms with van der Waals surface area (Å²) in [6.45, 7) is 1.91. The van der Waals surface area contributed by atoms with Gasteiger partial charge in [-0.05, 0) is 36.8 Å². The van der Waals surface area contributed by atoms with Crippen molar-refractivity contribution in [1.29, 1.82) is 0 Å². The Bertz CT molecular complexity index is 1060. The van der Waals surface area contributed by atoms with Crippen molar-refractivity contribution in [1.82, 2.24) is 24.9 Å². The number of aryl methyl sites for hydroxylation is 1. The Kier molecular flexibility index (Phi) is 3.66. The van der Waals surface area contributed by atoms with Crippen LogP contribution in [0.15, 0.2) is 55.1 Å². The molecule has 25 heavy (non-hydrogen) atoms. The van der Waals surface area contributed by atoms with Crippen LogP contribution in [0.25, 0.3) is 22.7 Å². The van der Waals surface area contributed by atoms with Gasteiger partial charge in [-0.2, -0.15) is 0 Å². The standard InChI is InChI=1S/C18H14N6O/c1-11-5-8-19-10-14(11)22-18(25)12-6-9-21-17-15(12)23-16(24-17)13-4-2-3-7-20-13/h2-10H,1H3,(H,22,25)(H,21,23,24). The van der Waals surface area contributed by atoms with Gasteiger partial charge in [0.1, 0.15) is 11.2 Å². The summed E-state index contributed by atoms with van der Waals surface area (Å²) in [5, 5.41) is 2.87. The highest BCUT2D eigenvalue weighted by atomic mass is 16.1. The van der Waals surface area contributed by atoms with Crippen LogP contribution in [0, 0.1) is 6.92 Å². The molecule has 0 saturated heterocycles. The zero-order chi connectivity index (χ0) is 17.2. The molecule has 0 aromatic carbocycles. The molecular weight excluding hydrogens is 316 g/mol. The van der Waals surface area contributed by atoms with Crippen molar-refractivity contribution in [2.24, 2.45) is 0 Å². The Hall–Kier alpha value is -3.61. The molecular formula is C18H14N6O. The van der Waals surface area contributed by atoms with Crippen molar-refractivity contribution >= 4 is 22.8 Å². The number of fused-ring (bicyclic) bond motifs is 1. The number of H-pyrrole nitrogens is 1. The van der Waals surface area contributed by atoms with Crippen LogP contribution in [0.2, 0.25) is 0 Å². The number of aromatic amines is 1. The molecule has 0 saturated carbocycles. The second-order valence-electron chi connectivity index (χ2n) is 5.50.